The zero-order valence-corrected chi connectivity index (χ0v) is 23.3. The summed E-state index contributed by atoms with van der Waals surface area (Å²) < 4.78 is 13.8. The van der Waals surface area contributed by atoms with Crippen molar-refractivity contribution in [1.29, 1.82) is 0 Å². The highest BCUT2D eigenvalue weighted by atomic mass is 32.2. The molecule has 0 bridgehead atoms. The standard InChI is InChI=1S/C30H27N5O4S/c1-20-27(29(37)35(33(20)2)23-8-6-5-7-9-23)32-30-34(31-19-22-12-16-25(39-4)17-13-22)28(36)26(40-30)18-21-10-14-24(38-3)15-11-21/h5-19H,1-4H3/b26-18-,31-19-,32-30?. The van der Waals surface area contributed by atoms with Gasteiger partial charge in [0.1, 0.15) is 11.5 Å². The lowest BCUT2D eigenvalue weighted by molar-refractivity contribution is -0.122. The van der Waals surface area contributed by atoms with E-state index in [0.29, 0.717) is 22.0 Å². The van der Waals surface area contributed by atoms with E-state index in [1.165, 1.54) is 5.01 Å². The second kappa shape index (κ2) is 11.5. The number of hydrogen-bond donors (Lipinski definition) is 0. The van der Waals surface area contributed by atoms with E-state index in [1.54, 1.807) is 42.9 Å². The minimum Gasteiger partial charge on any atom is -0.497 e. The maximum atomic E-state index is 13.5. The maximum absolute atomic E-state index is 13.5. The van der Waals surface area contributed by atoms with Gasteiger partial charge in [0.25, 0.3) is 11.5 Å². The molecule has 4 aromatic rings. The fourth-order valence-corrected chi connectivity index (χ4v) is 5.00. The number of rotatable bonds is 7. The zero-order chi connectivity index (χ0) is 28.2. The first kappa shape index (κ1) is 26.8. The van der Waals surface area contributed by atoms with Crippen LogP contribution in [0.25, 0.3) is 11.8 Å². The van der Waals surface area contributed by atoms with E-state index in [9.17, 15) is 9.59 Å². The summed E-state index contributed by atoms with van der Waals surface area (Å²) in [5.41, 5.74) is 2.90. The lowest BCUT2D eigenvalue weighted by atomic mass is 10.2. The molecule has 0 aliphatic carbocycles. The number of hydrogen-bond acceptors (Lipinski definition) is 7. The molecule has 2 heterocycles. The second-order valence-electron chi connectivity index (χ2n) is 8.82. The van der Waals surface area contributed by atoms with E-state index in [1.807, 2.05) is 85.8 Å². The fraction of sp³-hybridized carbons (Fsp3) is 0.133. The van der Waals surface area contributed by atoms with Crippen molar-refractivity contribution in [3.63, 3.8) is 0 Å². The fourth-order valence-electron chi connectivity index (χ4n) is 4.08. The first-order valence-electron chi connectivity index (χ1n) is 12.4. The highest BCUT2D eigenvalue weighted by Crippen LogP contribution is 2.35. The summed E-state index contributed by atoms with van der Waals surface area (Å²) in [5.74, 6) is 1.09. The van der Waals surface area contributed by atoms with Gasteiger partial charge in [-0.15, -0.1) is 0 Å². The van der Waals surface area contributed by atoms with Gasteiger partial charge >= 0.3 is 0 Å². The number of thioether (sulfide) groups is 1. The zero-order valence-electron chi connectivity index (χ0n) is 22.4. The number of para-hydroxylation sites is 1. The van der Waals surface area contributed by atoms with Crippen LogP contribution in [0, 0.1) is 6.92 Å². The van der Waals surface area contributed by atoms with Crippen LogP contribution >= 0.6 is 11.8 Å². The summed E-state index contributed by atoms with van der Waals surface area (Å²) in [7, 11) is 5.00. The summed E-state index contributed by atoms with van der Waals surface area (Å²) in [5, 5.41) is 5.97. The number of aliphatic imine (C=N–C) groups is 1. The largest absolute Gasteiger partial charge is 0.497 e. The molecule has 0 atom stereocenters. The molecule has 0 unspecified atom stereocenters. The predicted molar refractivity (Wildman–Crippen MR) is 159 cm³/mol. The van der Waals surface area contributed by atoms with Gasteiger partial charge in [-0.05, 0) is 84.4 Å². The van der Waals surface area contributed by atoms with Gasteiger partial charge < -0.3 is 9.47 Å². The number of benzene rings is 3. The van der Waals surface area contributed by atoms with E-state index in [-0.39, 0.29) is 22.3 Å². The summed E-state index contributed by atoms with van der Waals surface area (Å²) in [6, 6.07) is 24.0. The normalized spacial score (nSPS) is 15.5. The predicted octanol–water partition coefficient (Wildman–Crippen LogP) is 5.14. The van der Waals surface area contributed by atoms with Crippen LogP contribution in [0.15, 0.2) is 98.7 Å². The molecule has 5 rings (SSSR count). The Morgan fingerprint density at radius 1 is 0.825 bits per heavy atom. The van der Waals surface area contributed by atoms with Gasteiger partial charge in [-0.3, -0.25) is 14.3 Å². The SMILES string of the molecule is COc1ccc(/C=N\N2C(=O)/C(=C/c3ccc(OC)cc3)SC2=Nc2c(C)n(C)n(-c3ccccc3)c2=O)cc1. The van der Waals surface area contributed by atoms with Crippen LogP contribution in [-0.4, -0.2) is 45.9 Å². The van der Waals surface area contributed by atoms with Crippen molar-refractivity contribution in [2.24, 2.45) is 17.1 Å². The van der Waals surface area contributed by atoms with Crippen molar-refractivity contribution >= 4 is 40.8 Å². The topological polar surface area (TPSA) is 90.4 Å². The summed E-state index contributed by atoms with van der Waals surface area (Å²) in [6.07, 6.45) is 3.34. The number of carbonyl (C=O) groups is 1. The number of methoxy groups -OCH3 is 2. The minimum atomic E-state index is -0.346. The van der Waals surface area contributed by atoms with Crippen LogP contribution in [0.1, 0.15) is 16.8 Å². The highest BCUT2D eigenvalue weighted by Gasteiger charge is 2.34. The molecule has 0 spiro atoms. The Kier molecular flexibility index (Phi) is 7.70. The molecule has 0 N–H and O–H groups in total. The average Bonchev–Trinajstić information content (AvgIpc) is 3.39. The third-order valence-electron chi connectivity index (χ3n) is 6.37. The molecular weight excluding hydrogens is 526 g/mol. The Morgan fingerprint density at radius 3 is 2.02 bits per heavy atom. The molecular formula is C30H27N5O4S. The lowest BCUT2D eigenvalue weighted by Crippen LogP contribution is -2.24. The molecule has 1 aliphatic rings. The number of carbonyl (C=O) groups excluding carboxylic acids is 1. The van der Waals surface area contributed by atoms with Crippen molar-refractivity contribution in [1.82, 2.24) is 14.4 Å². The summed E-state index contributed by atoms with van der Waals surface area (Å²) >= 11 is 1.16. The first-order chi connectivity index (χ1) is 19.4. The van der Waals surface area contributed by atoms with Crippen molar-refractivity contribution in [2.75, 3.05) is 14.2 Å². The molecule has 1 aliphatic heterocycles. The van der Waals surface area contributed by atoms with Crippen molar-refractivity contribution in [3.8, 4) is 17.2 Å². The maximum Gasteiger partial charge on any atom is 0.297 e. The smallest absolute Gasteiger partial charge is 0.297 e. The number of ether oxygens (including phenoxy) is 2. The van der Waals surface area contributed by atoms with Crippen LogP contribution < -0.4 is 15.0 Å². The molecule has 1 fully saturated rings. The van der Waals surface area contributed by atoms with Crippen LogP contribution in [0.3, 0.4) is 0 Å². The van der Waals surface area contributed by atoms with Gasteiger partial charge in [-0.25, -0.2) is 9.67 Å². The van der Waals surface area contributed by atoms with Crippen molar-refractivity contribution in [2.45, 2.75) is 6.92 Å². The van der Waals surface area contributed by atoms with Gasteiger partial charge in [0.15, 0.2) is 10.9 Å². The molecule has 0 radical (unpaired) electrons. The summed E-state index contributed by atoms with van der Waals surface area (Å²) in [4.78, 5) is 32.1. The van der Waals surface area contributed by atoms with Gasteiger partial charge in [0, 0.05) is 7.05 Å². The van der Waals surface area contributed by atoms with Crippen LogP contribution in [-0.2, 0) is 11.8 Å². The molecule has 1 saturated heterocycles. The van der Waals surface area contributed by atoms with E-state index >= 15 is 0 Å². The van der Waals surface area contributed by atoms with E-state index < -0.39 is 0 Å². The monoisotopic (exact) mass is 553 g/mol. The van der Waals surface area contributed by atoms with E-state index in [2.05, 4.69) is 5.10 Å². The molecule has 9 nitrogen and oxygen atoms in total. The Balaban J connectivity index is 1.57. The van der Waals surface area contributed by atoms with E-state index in [4.69, 9.17) is 14.5 Å². The van der Waals surface area contributed by atoms with Gasteiger partial charge in [0.2, 0.25) is 0 Å². The number of aromatic nitrogens is 2. The highest BCUT2D eigenvalue weighted by molar-refractivity contribution is 8.18. The van der Waals surface area contributed by atoms with Crippen molar-refractivity contribution in [3.05, 3.63) is 111 Å². The van der Waals surface area contributed by atoms with Crippen LogP contribution in [0.2, 0.25) is 0 Å². The molecule has 1 aromatic heterocycles. The van der Waals surface area contributed by atoms with Crippen molar-refractivity contribution < 1.29 is 14.3 Å². The molecule has 40 heavy (non-hydrogen) atoms. The Morgan fingerprint density at radius 2 is 1.43 bits per heavy atom. The molecule has 1 amide bonds. The number of hydrazone groups is 1. The number of nitrogens with zero attached hydrogens (tertiary/aromatic N) is 5. The van der Waals surface area contributed by atoms with Gasteiger partial charge in [0.05, 0.1) is 36.7 Å². The molecule has 0 saturated carbocycles. The third kappa shape index (κ3) is 5.34. The van der Waals surface area contributed by atoms with Gasteiger partial charge in [-0.2, -0.15) is 10.1 Å². The Labute approximate surface area is 235 Å². The van der Waals surface area contributed by atoms with E-state index in [0.717, 1.165) is 28.6 Å². The van der Waals surface area contributed by atoms with Gasteiger partial charge in [-0.1, -0.05) is 30.3 Å². The quantitative estimate of drug-likeness (QED) is 0.234. The molecule has 10 heteroatoms. The average molecular weight is 554 g/mol. The second-order valence-corrected chi connectivity index (χ2v) is 9.83. The molecule has 3 aromatic carbocycles. The van der Waals surface area contributed by atoms with Crippen LogP contribution in [0.5, 0.6) is 11.5 Å². The minimum absolute atomic E-state index is 0.233. The summed E-state index contributed by atoms with van der Waals surface area (Å²) in [6.45, 7) is 1.82. The first-order valence-corrected chi connectivity index (χ1v) is 13.2. The lowest BCUT2D eigenvalue weighted by Gasteiger charge is -2.08. The number of amides is 1. The number of amidine groups is 1. The Bertz CT molecular complexity index is 1690. The molecule has 202 valence electrons. The third-order valence-corrected chi connectivity index (χ3v) is 7.33. The Hall–Kier alpha value is -4.83. The van der Waals surface area contributed by atoms with Crippen LogP contribution in [0.4, 0.5) is 5.69 Å².